The molecular formula is C44H56N6O10S2+2. The molecule has 16 nitrogen and oxygen atoms in total. The van der Waals surface area contributed by atoms with Crippen LogP contribution in [0.4, 0.5) is 11.4 Å². The number of nitrogens with zero attached hydrogens (tertiary/aromatic N) is 4. The molecule has 3 atom stereocenters. The Labute approximate surface area is 369 Å². The van der Waals surface area contributed by atoms with E-state index in [4.69, 9.17) is 0 Å². The number of nitrogens with one attached hydrogen (secondary N) is 2. The number of benzene rings is 2. The normalized spacial score (nSPS) is 14.6. The molecule has 0 bridgehead atoms. The lowest BCUT2D eigenvalue weighted by atomic mass is 10.1. The van der Waals surface area contributed by atoms with Crippen LogP contribution in [0.3, 0.4) is 0 Å². The minimum absolute atomic E-state index is 0.0175. The van der Waals surface area contributed by atoms with E-state index < -0.39 is 35.8 Å². The summed E-state index contributed by atoms with van der Waals surface area (Å²) in [7, 11) is 2.16. The Hall–Kier alpha value is -5.50. The fourth-order valence-electron chi connectivity index (χ4n) is 6.30. The molecule has 0 aliphatic carbocycles. The van der Waals surface area contributed by atoms with E-state index in [1.54, 1.807) is 27.8 Å². The summed E-state index contributed by atoms with van der Waals surface area (Å²) < 4.78 is 3.41. The van der Waals surface area contributed by atoms with Crippen molar-refractivity contribution in [1.82, 2.24) is 10.6 Å². The van der Waals surface area contributed by atoms with Crippen LogP contribution in [-0.2, 0) is 25.7 Å². The van der Waals surface area contributed by atoms with Gasteiger partial charge in [-0.25, -0.2) is 14.2 Å². The van der Waals surface area contributed by atoms with Gasteiger partial charge in [-0.05, 0) is 41.0 Å². The molecule has 1 aliphatic heterocycles. The number of pyridine rings is 1. The number of anilines is 2. The number of carboxylic acid groups (broad SMARTS) is 2. The van der Waals surface area contributed by atoms with E-state index in [9.17, 15) is 49.8 Å². The second-order valence-corrected chi connectivity index (χ2v) is 16.7. The van der Waals surface area contributed by atoms with Gasteiger partial charge in [-0.1, -0.05) is 70.2 Å². The van der Waals surface area contributed by atoms with Gasteiger partial charge < -0.3 is 51.1 Å². The first-order chi connectivity index (χ1) is 29.9. The highest BCUT2D eigenvalue weighted by molar-refractivity contribution is 8.76. The van der Waals surface area contributed by atoms with Crippen LogP contribution < -0.4 is 25.0 Å². The van der Waals surface area contributed by atoms with Crippen molar-refractivity contribution in [3.8, 4) is 0 Å². The van der Waals surface area contributed by atoms with Crippen LogP contribution in [0.25, 0.3) is 18.2 Å². The third-order valence-electron chi connectivity index (χ3n) is 9.76. The van der Waals surface area contributed by atoms with Gasteiger partial charge >= 0.3 is 11.9 Å². The standard InChI is InChI=1S/C44H54N6O10S2/c1-32-36(9-4-34-7-12-38(13-8-34)49(22-26-53)23-27-54)16-19-50(32)29-42(56)46-40(44(59)60)31-62-61-30-39(43(57)58)45-41(55)28-47-17-14-35(15-18-47)3-2-33-5-10-37(11-6-33)48(20-24-51)21-25-52/h2-19,32,39-40,51-54H,20-31H2,1H3,(H2-2,45,46,55,56,57,58,59,60)/p+2. The van der Waals surface area contributed by atoms with Gasteiger partial charge in [0.25, 0.3) is 11.8 Å². The van der Waals surface area contributed by atoms with Gasteiger partial charge in [0.05, 0.1) is 26.4 Å². The monoisotopic (exact) mass is 892 g/mol. The topological polar surface area (TPSA) is 227 Å². The van der Waals surface area contributed by atoms with Crippen molar-refractivity contribution < 1.29 is 59.0 Å². The molecule has 4 rings (SSSR count). The van der Waals surface area contributed by atoms with Crippen molar-refractivity contribution in [2.45, 2.75) is 31.6 Å². The van der Waals surface area contributed by atoms with Crippen LogP contribution in [0.2, 0.25) is 0 Å². The number of hydrogen-bond donors (Lipinski definition) is 8. The van der Waals surface area contributed by atoms with Crippen molar-refractivity contribution in [3.63, 3.8) is 0 Å². The molecule has 2 heterocycles. The summed E-state index contributed by atoms with van der Waals surface area (Å²) in [6.45, 7) is 3.33. The van der Waals surface area contributed by atoms with Gasteiger partial charge in [-0.3, -0.25) is 9.59 Å². The summed E-state index contributed by atoms with van der Waals surface area (Å²) in [6.07, 6.45) is 14.8. The number of carboxylic acids is 2. The van der Waals surface area contributed by atoms with Crippen molar-refractivity contribution in [2.75, 3.05) is 80.5 Å². The Kier molecular flexibility index (Phi) is 20.7. The number of allylic oxidation sites excluding steroid dienone is 1. The molecule has 8 N–H and O–H groups in total. The highest BCUT2D eigenvalue weighted by atomic mass is 33.1. The van der Waals surface area contributed by atoms with Crippen molar-refractivity contribution in [3.05, 3.63) is 107 Å². The molecule has 62 heavy (non-hydrogen) atoms. The van der Waals surface area contributed by atoms with E-state index in [2.05, 4.69) is 10.6 Å². The number of amides is 2. The molecule has 332 valence electrons. The number of aromatic nitrogens is 1. The fourth-order valence-corrected chi connectivity index (χ4v) is 8.62. The maximum Gasteiger partial charge on any atom is 0.327 e. The minimum Gasteiger partial charge on any atom is -0.480 e. The highest BCUT2D eigenvalue weighted by Gasteiger charge is 2.29. The van der Waals surface area contributed by atoms with E-state index in [1.165, 1.54) is 0 Å². The van der Waals surface area contributed by atoms with Crippen molar-refractivity contribution in [1.29, 1.82) is 0 Å². The quantitative estimate of drug-likeness (QED) is 0.0308. The number of rotatable bonds is 27. The lowest BCUT2D eigenvalue weighted by molar-refractivity contribution is -0.684. The molecular weight excluding hydrogens is 837 g/mol. The predicted octanol–water partition coefficient (Wildman–Crippen LogP) is 1.37. The zero-order valence-corrected chi connectivity index (χ0v) is 36.2. The second kappa shape index (κ2) is 26.1. The lowest BCUT2D eigenvalue weighted by Crippen LogP contribution is -2.49. The Morgan fingerprint density at radius 2 is 1.03 bits per heavy atom. The molecule has 18 heteroatoms. The largest absolute Gasteiger partial charge is 0.480 e. The third-order valence-corrected chi connectivity index (χ3v) is 12.2. The van der Waals surface area contributed by atoms with Gasteiger partial charge in [0.1, 0.15) is 12.1 Å². The van der Waals surface area contributed by atoms with Crippen LogP contribution in [0.5, 0.6) is 0 Å². The van der Waals surface area contributed by atoms with Gasteiger partial charge in [0.15, 0.2) is 24.7 Å². The number of carbonyl (C=O) groups excluding carboxylic acids is 2. The molecule has 2 amide bonds. The molecule has 3 aromatic rings. The zero-order chi connectivity index (χ0) is 44.9. The van der Waals surface area contributed by atoms with Gasteiger partial charge in [-0.15, -0.1) is 0 Å². The second-order valence-electron chi connectivity index (χ2n) is 14.2. The minimum atomic E-state index is -1.24. The summed E-state index contributed by atoms with van der Waals surface area (Å²) in [5.74, 6) is -3.55. The molecule has 2 aromatic carbocycles. The first-order valence-electron chi connectivity index (χ1n) is 20.0. The van der Waals surface area contributed by atoms with Gasteiger partial charge in [0, 0.05) is 79.8 Å². The molecule has 1 aromatic heterocycles. The SMILES string of the molecule is CC1C(/C=C/c2ccc(N(CCO)CCO)cc2)=CC=[N+]1CC(=O)NC(CSSCC(NC(=O)C[n+]1ccc(/C=C/c2ccc(N(CCO)CCO)cc2)cc1)C(=O)O)C(=O)O. The number of aliphatic carboxylic acids is 2. The number of aliphatic hydroxyl groups excluding tert-OH is 4. The highest BCUT2D eigenvalue weighted by Crippen LogP contribution is 2.24. The molecule has 1 aliphatic rings. The average Bonchev–Trinajstić information content (AvgIpc) is 3.60. The smallest absolute Gasteiger partial charge is 0.327 e. The van der Waals surface area contributed by atoms with E-state index in [0.29, 0.717) is 26.2 Å². The molecule has 0 saturated heterocycles. The predicted molar refractivity (Wildman–Crippen MR) is 243 cm³/mol. The Balaban J connectivity index is 1.18. The van der Waals surface area contributed by atoms with Crippen LogP contribution in [0.1, 0.15) is 23.6 Å². The first-order valence-corrected chi connectivity index (χ1v) is 22.5. The zero-order valence-electron chi connectivity index (χ0n) is 34.5. The first kappa shape index (κ1) is 49.2. The molecule has 0 saturated carbocycles. The summed E-state index contributed by atoms with van der Waals surface area (Å²) >= 11 is 0. The average molecular weight is 893 g/mol. The van der Waals surface area contributed by atoms with Crippen molar-refractivity contribution >= 4 is 81.2 Å². The summed E-state index contributed by atoms with van der Waals surface area (Å²) in [5.41, 5.74) is 5.50. The van der Waals surface area contributed by atoms with E-state index >= 15 is 0 Å². The Bertz CT molecular complexity index is 2030. The number of aliphatic hydroxyl groups is 4. The van der Waals surface area contributed by atoms with Gasteiger partial charge in [-0.2, -0.15) is 4.57 Å². The van der Waals surface area contributed by atoms with Crippen LogP contribution in [-0.4, -0.2) is 154 Å². The number of carbonyl (C=O) groups is 4. The summed E-state index contributed by atoms with van der Waals surface area (Å²) in [5, 5.41) is 61.8. The third kappa shape index (κ3) is 16.1. The lowest BCUT2D eigenvalue weighted by Gasteiger charge is -2.22. The molecule has 3 unspecified atom stereocenters. The van der Waals surface area contributed by atoms with E-state index in [-0.39, 0.29) is 57.1 Å². The van der Waals surface area contributed by atoms with Crippen LogP contribution in [0.15, 0.2) is 90.8 Å². The molecule has 0 radical (unpaired) electrons. The number of hydrogen-bond acceptors (Lipinski definition) is 12. The maximum absolute atomic E-state index is 12.9. The van der Waals surface area contributed by atoms with Crippen molar-refractivity contribution in [2.24, 2.45) is 0 Å². The van der Waals surface area contributed by atoms with Crippen LogP contribution >= 0.6 is 21.6 Å². The summed E-state index contributed by atoms with van der Waals surface area (Å²) in [4.78, 5) is 53.4. The van der Waals surface area contributed by atoms with Crippen LogP contribution in [0, 0.1) is 0 Å². The molecule has 0 spiro atoms. The maximum atomic E-state index is 12.9. The fraction of sp³-hybridized carbons (Fsp3) is 0.364. The Morgan fingerprint density at radius 3 is 1.45 bits per heavy atom. The van der Waals surface area contributed by atoms with E-state index in [0.717, 1.165) is 55.2 Å². The van der Waals surface area contributed by atoms with Gasteiger partial charge in [0.2, 0.25) is 13.1 Å². The summed E-state index contributed by atoms with van der Waals surface area (Å²) in [6, 6.07) is 16.4. The Morgan fingerprint density at radius 1 is 0.629 bits per heavy atom. The molecule has 0 fully saturated rings. The van der Waals surface area contributed by atoms with E-state index in [1.807, 2.05) is 108 Å².